The summed E-state index contributed by atoms with van der Waals surface area (Å²) in [5, 5.41) is 17.0. The van der Waals surface area contributed by atoms with E-state index in [9.17, 15) is 9.90 Å². The van der Waals surface area contributed by atoms with Crippen LogP contribution >= 0.6 is 0 Å². The molecule has 1 aliphatic carbocycles. The van der Waals surface area contributed by atoms with Gasteiger partial charge in [0.1, 0.15) is 17.7 Å². The Hall–Kier alpha value is -2.18. The van der Waals surface area contributed by atoms with Crippen molar-refractivity contribution in [1.82, 2.24) is 19.6 Å². The Morgan fingerprint density at radius 1 is 1.48 bits per heavy atom. The normalized spacial score (nSPS) is 25.9. The molecule has 0 bridgehead atoms. The molecular formula is C14H19N5O2. The van der Waals surface area contributed by atoms with Crippen LogP contribution < -0.4 is 5.32 Å². The highest BCUT2D eigenvalue weighted by atomic mass is 16.4. The predicted molar refractivity (Wildman–Crippen MR) is 77.1 cm³/mol. The third-order valence-corrected chi connectivity index (χ3v) is 4.28. The summed E-state index contributed by atoms with van der Waals surface area (Å²) in [6, 6.07) is 1.81. The number of carbonyl (C=O) groups is 1. The van der Waals surface area contributed by atoms with E-state index in [1.807, 2.05) is 13.0 Å². The topological polar surface area (TPSA) is 92.4 Å². The van der Waals surface area contributed by atoms with Crippen LogP contribution in [0.3, 0.4) is 0 Å². The minimum absolute atomic E-state index is 0.474. The highest BCUT2D eigenvalue weighted by molar-refractivity contribution is 5.82. The first-order valence-corrected chi connectivity index (χ1v) is 7.19. The maximum absolute atomic E-state index is 11.8. The molecule has 1 saturated carbocycles. The van der Waals surface area contributed by atoms with Gasteiger partial charge in [-0.25, -0.2) is 9.78 Å². The minimum Gasteiger partial charge on any atom is -0.480 e. The van der Waals surface area contributed by atoms with E-state index < -0.39 is 11.5 Å². The zero-order valence-corrected chi connectivity index (χ0v) is 12.2. The Kier molecular flexibility index (Phi) is 3.27. The summed E-state index contributed by atoms with van der Waals surface area (Å²) < 4.78 is 1.55. The highest BCUT2D eigenvalue weighted by Crippen LogP contribution is 2.35. The molecule has 7 nitrogen and oxygen atoms in total. The smallest absolute Gasteiger partial charge is 0.329 e. The van der Waals surface area contributed by atoms with Crippen LogP contribution in [0.2, 0.25) is 0 Å². The lowest BCUT2D eigenvalue weighted by atomic mass is 9.77. The molecule has 2 aromatic rings. The summed E-state index contributed by atoms with van der Waals surface area (Å²) in [5.74, 6) is 0.871. The molecule has 2 N–H and O–H groups in total. The maximum atomic E-state index is 11.8. The van der Waals surface area contributed by atoms with Crippen molar-refractivity contribution in [2.24, 2.45) is 5.92 Å². The highest BCUT2D eigenvalue weighted by Gasteiger charge is 2.41. The van der Waals surface area contributed by atoms with E-state index in [1.54, 1.807) is 4.52 Å². The van der Waals surface area contributed by atoms with Gasteiger partial charge in [0, 0.05) is 11.8 Å². The Bertz CT molecular complexity index is 673. The third kappa shape index (κ3) is 2.43. The molecule has 0 amide bonds. The average molecular weight is 289 g/mol. The number of anilines is 1. The van der Waals surface area contributed by atoms with Gasteiger partial charge in [-0.15, -0.1) is 0 Å². The molecule has 112 valence electrons. The molecule has 0 atom stereocenters. The van der Waals surface area contributed by atoms with Gasteiger partial charge in [0.15, 0.2) is 0 Å². The first kappa shape index (κ1) is 13.8. The van der Waals surface area contributed by atoms with Gasteiger partial charge < -0.3 is 10.4 Å². The van der Waals surface area contributed by atoms with Crippen molar-refractivity contribution in [3.05, 3.63) is 18.1 Å². The number of nitrogens with one attached hydrogen (secondary N) is 1. The molecule has 3 rings (SSSR count). The number of hydrogen-bond acceptors (Lipinski definition) is 5. The maximum Gasteiger partial charge on any atom is 0.329 e. The molecule has 0 aromatic carbocycles. The number of carboxylic acids is 1. The van der Waals surface area contributed by atoms with Crippen LogP contribution in [-0.2, 0) is 4.79 Å². The second kappa shape index (κ2) is 4.98. The molecule has 0 spiro atoms. The van der Waals surface area contributed by atoms with Crippen LogP contribution in [0.4, 0.5) is 5.82 Å². The SMILES string of the molecule is Cc1cc(NC2(C(=O)O)CCC(C)CC2)n2ncnc2n1. The van der Waals surface area contributed by atoms with Crippen LogP contribution in [0.1, 0.15) is 38.3 Å². The van der Waals surface area contributed by atoms with Crippen molar-refractivity contribution >= 4 is 17.6 Å². The van der Waals surface area contributed by atoms with E-state index in [1.165, 1.54) is 6.33 Å². The van der Waals surface area contributed by atoms with E-state index in [4.69, 9.17) is 0 Å². The summed E-state index contributed by atoms with van der Waals surface area (Å²) in [4.78, 5) is 20.2. The monoisotopic (exact) mass is 289 g/mol. The van der Waals surface area contributed by atoms with E-state index in [0.717, 1.165) is 18.5 Å². The van der Waals surface area contributed by atoms with Crippen LogP contribution in [-0.4, -0.2) is 36.2 Å². The number of nitrogens with zero attached hydrogens (tertiary/aromatic N) is 4. The number of rotatable bonds is 3. The lowest BCUT2D eigenvalue weighted by Gasteiger charge is -2.37. The molecule has 0 aliphatic heterocycles. The van der Waals surface area contributed by atoms with Gasteiger partial charge in [0.05, 0.1) is 0 Å². The molecule has 2 aromatic heterocycles. The first-order valence-electron chi connectivity index (χ1n) is 7.19. The Morgan fingerprint density at radius 2 is 2.19 bits per heavy atom. The van der Waals surface area contributed by atoms with Gasteiger partial charge >= 0.3 is 5.97 Å². The standard InChI is InChI=1S/C14H19N5O2/c1-9-3-5-14(6-4-9,12(20)21)18-11-7-10(2)17-13-15-8-16-19(11)13/h7-9,18H,3-6H2,1-2H3,(H,20,21). The van der Waals surface area contributed by atoms with Crippen LogP contribution in [0.25, 0.3) is 5.78 Å². The van der Waals surface area contributed by atoms with Crippen molar-refractivity contribution in [3.63, 3.8) is 0 Å². The van der Waals surface area contributed by atoms with Crippen molar-refractivity contribution in [2.45, 2.75) is 45.1 Å². The molecule has 0 radical (unpaired) electrons. The largest absolute Gasteiger partial charge is 0.480 e. The van der Waals surface area contributed by atoms with Crippen molar-refractivity contribution < 1.29 is 9.90 Å². The van der Waals surface area contributed by atoms with Crippen LogP contribution in [0.5, 0.6) is 0 Å². The Balaban J connectivity index is 1.98. The fourth-order valence-electron chi connectivity index (χ4n) is 2.91. The zero-order valence-electron chi connectivity index (χ0n) is 12.2. The molecule has 21 heavy (non-hydrogen) atoms. The Morgan fingerprint density at radius 3 is 2.86 bits per heavy atom. The summed E-state index contributed by atoms with van der Waals surface area (Å²) >= 11 is 0. The number of hydrogen-bond donors (Lipinski definition) is 2. The molecule has 1 aliphatic rings. The Labute approximate surface area is 122 Å². The second-order valence-electron chi connectivity index (χ2n) is 5.95. The minimum atomic E-state index is -0.931. The fourth-order valence-corrected chi connectivity index (χ4v) is 2.91. The number of fused-ring (bicyclic) bond motifs is 1. The molecule has 7 heteroatoms. The number of aryl methyl sites for hydroxylation is 1. The lowest BCUT2D eigenvalue weighted by Crippen LogP contribution is -2.49. The molecule has 0 saturated heterocycles. The summed E-state index contributed by atoms with van der Waals surface area (Å²) in [7, 11) is 0. The third-order valence-electron chi connectivity index (χ3n) is 4.28. The number of aromatic nitrogens is 4. The molecule has 1 fully saturated rings. The molecular weight excluding hydrogens is 270 g/mol. The quantitative estimate of drug-likeness (QED) is 0.896. The van der Waals surface area contributed by atoms with Gasteiger partial charge in [-0.1, -0.05) is 6.92 Å². The fraction of sp³-hybridized carbons (Fsp3) is 0.571. The van der Waals surface area contributed by atoms with Gasteiger partial charge in [-0.2, -0.15) is 14.6 Å². The predicted octanol–water partition coefficient (Wildman–Crippen LogP) is 1.88. The van der Waals surface area contributed by atoms with E-state index in [2.05, 4.69) is 27.3 Å². The van der Waals surface area contributed by atoms with E-state index in [0.29, 0.717) is 30.4 Å². The van der Waals surface area contributed by atoms with Crippen molar-refractivity contribution in [1.29, 1.82) is 0 Å². The summed E-state index contributed by atoms with van der Waals surface area (Å²) in [5.41, 5.74) is -0.151. The molecule has 2 heterocycles. The van der Waals surface area contributed by atoms with Crippen LogP contribution in [0, 0.1) is 12.8 Å². The van der Waals surface area contributed by atoms with Gasteiger partial charge in [0.25, 0.3) is 5.78 Å². The number of aliphatic carboxylic acids is 1. The summed E-state index contributed by atoms with van der Waals surface area (Å²) in [6.45, 7) is 4.02. The average Bonchev–Trinajstić information content (AvgIpc) is 2.89. The lowest BCUT2D eigenvalue weighted by molar-refractivity contribution is -0.143. The number of carboxylic acid groups (broad SMARTS) is 1. The first-order chi connectivity index (χ1) is 10.00. The van der Waals surface area contributed by atoms with Crippen molar-refractivity contribution in [2.75, 3.05) is 5.32 Å². The van der Waals surface area contributed by atoms with Gasteiger partial charge in [-0.05, 0) is 38.5 Å². The van der Waals surface area contributed by atoms with Crippen molar-refractivity contribution in [3.8, 4) is 0 Å². The van der Waals surface area contributed by atoms with Crippen LogP contribution in [0.15, 0.2) is 12.4 Å². The van der Waals surface area contributed by atoms with Gasteiger partial charge in [-0.3, -0.25) is 0 Å². The van der Waals surface area contributed by atoms with Gasteiger partial charge in [0.2, 0.25) is 0 Å². The van der Waals surface area contributed by atoms with E-state index >= 15 is 0 Å². The molecule has 0 unspecified atom stereocenters. The second-order valence-corrected chi connectivity index (χ2v) is 5.95. The zero-order chi connectivity index (χ0) is 15.0. The van der Waals surface area contributed by atoms with E-state index in [-0.39, 0.29) is 0 Å². The summed E-state index contributed by atoms with van der Waals surface area (Å²) in [6.07, 6.45) is 4.46.